The summed E-state index contributed by atoms with van der Waals surface area (Å²) in [6, 6.07) is 11.6. The molecule has 0 aromatic heterocycles. The number of hydrogen-bond donors (Lipinski definition) is 2. The van der Waals surface area contributed by atoms with Gasteiger partial charge < -0.3 is 14.2 Å². The molecule has 7 heteroatoms. The normalized spacial score (nSPS) is 10.2. The van der Waals surface area contributed by atoms with Crippen LogP contribution in [0.4, 0.5) is 0 Å². The van der Waals surface area contributed by atoms with Crippen molar-refractivity contribution in [3.05, 3.63) is 59.2 Å². The topological polar surface area (TPSA) is 85.9 Å². The van der Waals surface area contributed by atoms with Crippen LogP contribution in [0.1, 0.15) is 40.1 Å². The average molecular weight is 372 g/mol. The molecule has 0 aliphatic rings. The van der Waals surface area contributed by atoms with Gasteiger partial charge in [-0.1, -0.05) is 0 Å². The number of hydrazine groups is 1. The number of benzene rings is 2. The molecule has 0 bridgehead atoms. The Labute approximate surface area is 158 Å². The first-order valence-electron chi connectivity index (χ1n) is 8.67. The third kappa shape index (κ3) is 5.72. The van der Waals surface area contributed by atoms with E-state index in [9.17, 15) is 9.59 Å². The summed E-state index contributed by atoms with van der Waals surface area (Å²) in [7, 11) is 1.56. The highest BCUT2D eigenvalue weighted by Gasteiger charge is 2.12. The monoisotopic (exact) mass is 372 g/mol. The standard InChI is InChI=1S/C20H24N2O5/c1-4-26-13-16-12-15(8-11-18(16)25-3)20(24)22-21-19(23)14-6-9-17(10-7-14)27-5-2/h6-12H,4-5,13H2,1-3H3,(H,21,23)(H,22,24). The van der Waals surface area contributed by atoms with Gasteiger partial charge in [0.1, 0.15) is 11.5 Å². The molecule has 0 aliphatic heterocycles. The van der Waals surface area contributed by atoms with Gasteiger partial charge in [0.15, 0.2) is 0 Å². The van der Waals surface area contributed by atoms with Crippen LogP contribution in [0.15, 0.2) is 42.5 Å². The average Bonchev–Trinajstić information content (AvgIpc) is 2.70. The molecule has 144 valence electrons. The quantitative estimate of drug-likeness (QED) is 0.696. The Hall–Kier alpha value is -3.06. The molecule has 2 N–H and O–H groups in total. The van der Waals surface area contributed by atoms with Crippen molar-refractivity contribution in [1.29, 1.82) is 0 Å². The first-order valence-corrected chi connectivity index (χ1v) is 8.67. The summed E-state index contributed by atoms with van der Waals surface area (Å²) in [4.78, 5) is 24.5. The van der Waals surface area contributed by atoms with Crippen LogP contribution in [0.5, 0.6) is 11.5 Å². The molecule has 0 fully saturated rings. The number of carbonyl (C=O) groups is 2. The number of rotatable bonds is 8. The summed E-state index contributed by atoms with van der Waals surface area (Å²) in [6.07, 6.45) is 0. The summed E-state index contributed by atoms with van der Waals surface area (Å²) < 4.78 is 16.0. The second-order valence-corrected chi connectivity index (χ2v) is 5.53. The molecule has 0 unspecified atom stereocenters. The number of amides is 2. The fraction of sp³-hybridized carbons (Fsp3) is 0.300. The molecule has 0 spiro atoms. The van der Waals surface area contributed by atoms with Gasteiger partial charge in [0.25, 0.3) is 11.8 Å². The van der Waals surface area contributed by atoms with Crippen molar-refractivity contribution in [3.63, 3.8) is 0 Å². The molecule has 0 atom stereocenters. The SMILES string of the molecule is CCOCc1cc(C(=O)NNC(=O)c2ccc(OCC)cc2)ccc1OC. The molecule has 2 aromatic rings. The summed E-state index contributed by atoms with van der Waals surface area (Å²) in [6.45, 7) is 5.21. The molecule has 0 radical (unpaired) electrons. The zero-order valence-corrected chi connectivity index (χ0v) is 15.7. The molecule has 0 saturated carbocycles. The maximum atomic E-state index is 12.3. The van der Waals surface area contributed by atoms with Gasteiger partial charge in [-0.15, -0.1) is 0 Å². The summed E-state index contributed by atoms with van der Waals surface area (Å²) in [5, 5.41) is 0. The van der Waals surface area contributed by atoms with E-state index < -0.39 is 11.8 Å². The highest BCUT2D eigenvalue weighted by atomic mass is 16.5. The summed E-state index contributed by atoms with van der Waals surface area (Å²) in [5.41, 5.74) is 6.35. The van der Waals surface area contributed by atoms with Crippen LogP contribution in [0, 0.1) is 0 Å². The Morgan fingerprint density at radius 2 is 1.52 bits per heavy atom. The van der Waals surface area contributed by atoms with E-state index in [0.29, 0.717) is 42.4 Å². The van der Waals surface area contributed by atoms with Gasteiger partial charge in [0.05, 0.1) is 20.3 Å². The van der Waals surface area contributed by atoms with Gasteiger partial charge >= 0.3 is 0 Å². The van der Waals surface area contributed by atoms with Gasteiger partial charge in [-0.05, 0) is 56.3 Å². The molecule has 0 heterocycles. The van der Waals surface area contributed by atoms with Crippen LogP contribution < -0.4 is 20.3 Å². The Morgan fingerprint density at radius 1 is 0.889 bits per heavy atom. The molecule has 0 aliphatic carbocycles. The van der Waals surface area contributed by atoms with Crippen molar-refractivity contribution in [1.82, 2.24) is 10.9 Å². The van der Waals surface area contributed by atoms with Crippen molar-refractivity contribution in [3.8, 4) is 11.5 Å². The highest BCUT2D eigenvalue weighted by Crippen LogP contribution is 2.21. The third-order valence-corrected chi connectivity index (χ3v) is 3.72. The van der Waals surface area contributed by atoms with E-state index in [4.69, 9.17) is 14.2 Å². The Morgan fingerprint density at radius 3 is 2.11 bits per heavy atom. The first kappa shape index (κ1) is 20.3. The number of nitrogens with one attached hydrogen (secondary N) is 2. The largest absolute Gasteiger partial charge is 0.496 e. The lowest BCUT2D eigenvalue weighted by Gasteiger charge is -2.12. The number of carbonyl (C=O) groups excluding carboxylic acids is 2. The van der Waals surface area contributed by atoms with E-state index in [1.807, 2.05) is 13.8 Å². The maximum Gasteiger partial charge on any atom is 0.269 e. The van der Waals surface area contributed by atoms with Gasteiger partial charge in [-0.3, -0.25) is 20.4 Å². The minimum absolute atomic E-state index is 0.333. The Kier molecular flexibility index (Phi) is 7.63. The van der Waals surface area contributed by atoms with Crippen LogP contribution in [0.3, 0.4) is 0 Å². The fourth-order valence-electron chi connectivity index (χ4n) is 2.37. The minimum Gasteiger partial charge on any atom is -0.496 e. The maximum absolute atomic E-state index is 12.3. The first-order chi connectivity index (χ1) is 13.1. The lowest BCUT2D eigenvalue weighted by atomic mass is 10.1. The van der Waals surface area contributed by atoms with Crippen LogP contribution in [-0.4, -0.2) is 32.1 Å². The molecule has 2 rings (SSSR count). The van der Waals surface area contributed by atoms with E-state index in [0.717, 1.165) is 5.56 Å². The lowest BCUT2D eigenvalue weighted by Crippen LogP contribution is -2.41. The third-order valence-electron chi connectivity index (χ3n) is 3.72. The molecule has 27 heavy (non-hydrogen) atoms. The summed E-state index contributed by atoms with van der Waals surface area (Å²) in [5.74, 6) is 0.459. The lowest BCUT2D eigenvalue weighted by molar-refractivity contribution is 0.0846. The second-order valence-electron chi connectivity index (χ2n) is 5.53. The zero-order valence-electron chi connectivity index (χ0n) is 15.7. The number of methoxy groups -OCH3 is 1. The predicted molar refractivity (Wildman–Crippen MR) is 101 cm³/mol. The van der Waals surface area contributed by atoms with E-state index in [2.05, 4.69) is 10.9 Å². The zero-order chi connectivity index (χ0) is 19.6. The molecular formula is C20H24N2O5. The van der Waals surface area contributed by atoms with Crippen LogP contribution in [0.25, 0.3) is 0 Å². The Balaban J connectivity index is 1.99. The molecule has 2 aromatic carbocycles. The van der Waals surface area contributed by atoms with Crippen molar-refractivity contribution >= 4 is 11.8 Å². The van der Waals surface area contributed by atoms with Crippen LogP contribution in [0.2, 0.25) is 0 Å². The fourth-order valence-corrected chi connectivity index (χ4v) is 2.37. The second kappa shape index (κ2) is 10.2. The number of hydrogen-bond acceptors (Lipinski definition) is 5. The van der Waals surface area contributed by atoms with Crippen molar-refractivity contribution < 1.29 is 23.8 Å². The Bertz CT molecular complexity index is 774. The molecule has 2 amide bonds. The van der Waals surface area contributed by atoms with Gasteiger partial charge in [0, 0.05) is 23.3 Å². The van der Waals surface area contributed by atoms with Crippen LogP contribution in [-0.2, 0) is 11.3 Å². The number of ether oxygens (including phenoxy) is 3. The van der Waals surface area contributed by atoms with E-state index in [-0.39, 0.29) is 0 Å². The molecular weight excluding hydrogens is 348 g/mol. The minimum atomic E-state index is -0.435. The molecule has 7 nitrogen and oxygen atoms in total. The van der Waals surface area contributed by atoms with Crippen molar-refractivity contribution in [2.75, 3.05) is 20.3 Å². The smallest absolute Gasteiger partial charge is 0.269 e. The molecule has 0 saturated heterocycles. The highest BCUT2D eigenvalue weighted by molar-refractivity contribution is 5.99. The van der Waals surface area contributed by atoms with Gasteiger partial charge in [-0.2, -0.15) is 0 Å². The predicted octanol–water partition coefficient (Wildman–Crippen LogP) is 2.71. The summed E-state index contributed by atoms with van der Waals surface area (Å²) >= 11 is 0. The van der Waals surface area contributed by atoms with Gasteiger partial charge in [-0.25, -0.2) is 0 Å². The van der Waals surface area contributed by atoms with Gasteiger partial charge in [0.2, 0.25) is 0 Å². The van der Waals surface area contributed by atoms with E-state index >= 15 is 0 Å². The van der Waals surface area contributed by atoms with Crippen LogP contribution >= 0.6 is 0 Å². The van der Waals surface area contributed by atoms with Crippen molar-refractivity contribution in [2.24, 2.45) is 0 Å². The van der Waals surface area contributed by atoms with E-state index in [1.54, 1.807) is 49.6 Å². The van der Waals surface area contributed by atoms with E-state index in [1.165, 1.54) is 0 Å². The van der Waals surface area contributed by atoms with Crippen molar-refractivity contribution in [2.45, 2.75) is 20.5 Å².